The molecule has 0 spiro atoms. The van der Waals surface area contributed by atoms with Crippen LogP contribution >= 0.6 is 11.6 Å². The summed E-state index contributed by atoms with van der Waals surface area (Å²) < 4.78 is 0. The molecule has 3 unspecified atom stereocenters. The first-order chi connectivity index (χ1) is 13.1. The summed E-state index contributed by atoms with van der Waals surface area (Å²) in [7, 11) is 0. The van der Waals surface area contributed by atoms with E-state index in [1.807, 2.05) is 17.0 Å². The van der Waals surface area contributed by atoms with Gasteiger partial charge in [-0.3, -0.25) is 4.79 Å². The number of amides is 3. The molecular formula is C21H28ClN3O2. The second-order valence-electron chi connectivity index (χ2n) is 8.30. The summed E-state index contributed by atoms with van der Waals surface area (Å²) in [5, 5.41) is 3.50. The lowest BCUT2D eigenvalue weighted by atomic mass is 9.86. The van der Waals surface area contributed by atoms with Gasteiger partial charge < -0.3 is 15.1 Å². The first kappa shape index (κ1) is 18.6. The molecule has 1 aromatic carbocycles. The molecule has 2 bridgehead atoms. The highest BCUT2D eigenvalue weighted by Crippen LogP contribution is 2.49. The van der Waals surface area contributed by atoms with Crippen LogP contribution in [0.1, 0.15) is 38.5 Å². The van der Waals surface area contributed by atoms with Crippen molar-refractivity contribution >= 4 is 29.2 Å². The SMILES string of the molecule is O=C(CC1CC2CCC1C2)N1CCCN(C(=O)Nc2cccc(Cl)c2)CC1. The van der Waals surface area contributed by atoms with E-state index in [0.717, 1.165) is 24.8 Å². The summed E-state index contributed by atoms with van der Waals surface area (Å²) in [5.74, 6) is 2.54. The molecule has 2 aliphatic carbocycles. The number of benzene rings is 1. The molecular weight excluding hydrogens is 362 g/mol. The lowest BCUT2D eigenvalue weighted by Gasteiger charge is -2.26. The van der Waals surface area contributed by atoms with Gasteiger partial charge in [-0.2, -0.15) is 0 Å². The highest BCUT2D eigenvalue weighted by molar-refractivity contribution is 6.30. The number of halogens is 1. The highest BCUT2D eigenvalue weighted by Gasteiger charge is 2.40. The van der Waals surface area contributed by atoms with Crippen molar-refractivity contribution in [2.24, 2.45) is 17.8 Å². The van der Waals surface area contributed by atoms with E-state index in [2.05, 4.69) is 5.32 Å². The molecule has 3 amide bonds. The molecule has 3 atom stereocenters. The van der Waals surface area contributed by atoms with Crippen molar-refractivity contribution in [2.75, 3.05) is 31.5 Å². The van der Waals surface area contributed by atoms with E-state index in [9.17, 15) is 9.59 Å². The predicted molar refractivity (Wildman–Crippen MR) is 107 cm³/mol. The number of nitrogens with one attached hydrogen (secondary N) is 1. The summed E-state index contributed by atoms with van der Waals surface area (Å²) in [6, 6.07) is 7.04. The zero-order valence-corrected chi connectivity index (χ0v) is 16.5. The Morgan fingerprint density at radius 2 is 1.89 bits per heavy atom. The molecule has 1 aromatic rings. The molecule has 1 N–H and O–H groups in total. The average molecular weight is 390 g/mol. The standard InChI is InChI=1S/C21H28ClN3O2/c22-18-3-1-4-19(14-18)23-21(27)25-8-2-7-24(9-10-25)20(26)13-17-12-15-5-6-16(17)11-15/h1,3-4,14-17H,2,5-13H2,(H,23,27). The maximum absolute atomic E-state index is 12.8. The number of nitrogens with zero attached hydrogens (tertiary/aromatic N) is 2. The van der Waals surface area contributed by atoms with Crippen molar-refractivity contribution in [3.8, 4) is 0 Å². The maximum atomic E-state index is 12.8. The average Bonchev–Trinajstić information content (AvgIpc) is 3.16. The fraction of sp³-hybridized carbons (Fsp3) is 0.619. The smallest absolute Gasteiger partial charge is 0.321 e. The number of urea groups is 1. The Morgan fingerprint density at radius 1 is 1.07 bits per heavy atom. The van der Waals surface area contributed by atoms with E-state index in [4.69, 9.17) is 11.6 Å². The fourth-order valence-corrected chi connectivity index (χ4v) is 5.31. The van der Waals surface area contributed by atoms with E-state index in [1.165, 1.54) is 25.7 Å². The van der Waals surface area contributed by atoms with Gasteiger partial charge in [-0.25, -0.2) is 4.79 Å². The van der Waals surface area contributed by atoms with Gasteiger partial charge in [-0.15, -0.1) is 0 Å². The van der Waals surface area contributed by atoms with Gasteiger partial charge in [0, 0.05) is 43.3 Å². The molecule has 1 saturated heterocycles. The van der Waals surface area contributed by atoms with Gasteiger partial charge in [-0.1, -0.05) is 24.1 Å². The number of rotatable bonds is 3. The molecule has 0 radical (unpaired) electrons. The Balaban J connectivity index is 1.28. The number of anilines is 1. The quantitative estimate of drug-likeness (QED) is 0.840. The van der Waals surface area contributed by atoms with Crippen LogP contribution in [0.25, 0.3) is 0 Å². The van der Waals surface area contributed by atoms with E-state index >= 15 is 0 Å². The molecule has 3 aliphatic rings. The largest absolute Gasteiger partial charge is 0.341 e. The maximum Gasteiger partial charge on any atom is 0.321 e. The topological polar surface area (TPSA) is 52.7 Å². The summed E-state index contributed by atoms with van der Waals surface area (Å²) in [6.07, 6.45) is 6.81. The van der Waals surface area contributed by atoms with Crippen LogP contribution in [-0.2, 0) is 4.79 Å². The Hall–Kier alpha value is -1.75. The summed E-state index contributed by atoms with van der Waals surface area (Å²) in [4.78, 5) is 29.1. The van der Waals surface area contributed by atoms with Crippen LogP contribution in [0.2, 0.25) is 5.02 Å². The third kappa shape index (κ3) is 4.40. The van der Waals surface area contributed by atoms with E-state index in [1.54, 1.807) is 17.0 Å². The fourth-order valence-electron chi connectivity index (χ4n) is 5.12. The predicted octanol–water partition coefficient (Wildman–Crippen LogP) is 4.23. The zero-order valence-electron chi connectivity index (χ0n) is 15.7. The first-order valence-corrected chi connectivity index (χ1v) is 10.6. The lowest BCUT2D eigenvalue weighted by Crippen LogP contribution is -2.39. The second kappa shape index (κ2) is 8.09. The molecule has 0 aromatic heterocycles. The van der Waals surface area contributed by atoms with Crippen molar-refractivity contribution in [3.05, 3.63) is 29.3 Å². The Labute approximate surface area is 166 Å². The van der Waals surface area contributed by atoms with Crippen molar-refractivity contribution < 1.29 is 9.59 Å². The van der Waals surface area contributed by atoms with Crippen molar-refractivity contribution in [3.63, 3.8) is 0 Å². The van der Waals surface area contributed by atoms with Gasteiger partial charge in [0.1, 0.15) is 0 Å². The van der Waals surface area contributed by atoms with Crippen LogP contribution in [0.15, 0.2) is 24.3 Å². The second-order valence-corrected chi connectivity index (χ2v) is 8.74. The number of hydrogen-bond donors (Lipinski definition) is 1. The van der Waals surface area contributed by atoms with Crippen LogP contribution in [-0.4, -0.2) is 47.9 Å². The highest BCUT2D eigenvalue weighted by atomic mass is 35.5. The van der Waals surface area contributed by atoms with Crippen LogP contribution in [0.3, 0.4) is 0 Å². The Morgan fingerprint density at radius 3 is 2.63 bits per heavy atom. The molecule has 3 fully saturated rings. The number of carbonyl (C=O) groups excluding carboxylic acids is 2. The third-order valence-electron chi connectivity index (χ3n) is 6.53. The zero-order chi connectivity index (χ0) is 18.8. The Kier molecular flexibility index (Phi) is 5.58. The normalized spacial score (nSPS) is 27.5. The van der Waals surface area contributed by atoms with Crippen molar-refractivity contribution in [2.45, 2.75) is 38.5 Å². The monoisotopic (exact) mass is 389 g/mol. The van der Waals surface area contributed by atoms with Gasteiger partial charge in [-0.05, 0) is 61.6 Å². The third-order valence-corrected chi connectivity index (χ3v) is 6.77. The minimum absolute atomic E-state index is 0.125. The number of carbonyl (C=O) groups is 2. The minimum Gasteiger partial charge on any atom is -0.341 e. The molecule has 1 heterocycles. The summed E-state index contributed by atoms with van der Waals surface area (Å²) in [6.45, 7) is 2.63. The van der Waals surface area contributed by atoms with E-state index < -0.39 is 0 Å². The summed E-state index contributed by atoms with van der Waals surface area (Å²) in [5.41, 5.74) is 0.695. The van der Waals surface area contributed by atoms with Gasteiger partial charge in [0.05, 0.1) is 0 Å². The summed E-state index contributed by atoms with van der Waals surface area (Å²) >= 11 is 5.98. The number of fused-ring (bicyclic) bond motifs is 2. The molecule has 5 nitrogen and oxygen atoms in total. The van der Waals surface area contributed by atoms with Crippen molar-refractivity contribution in [1.29, 1.82) is 0 Å². The molecule has 4 rings (SSSR count). The van der Waals surface area contributed by atoms with E-state index in [-0.39, 0.29) is 11.9 Å². The van der Waals surface area contributed by atoms with Gasteiger partial charge in [0.15, 0.2) is 0 Å². The lowest BCUT2D eigenvalue weighted by molar-refractivity contribution is -0.132. The molecule has 1 aliphatic heterocycles. The molecule has 146 valence electrons. The van der Waals surface area contributed by atoms with Crippen LogP contribution in [0.4, 0.5) is 10.5 Å². The molecule has 6 heteroatoms. The van der Waals surface area contributed by atoms with Gasteiger partial charge in [0.25, 0.3) is 0 Å². The van der Waals surface area contributed by atoms with Gasteiger partial charge in [0.2, 0.25) is 5.91 Å². The Bertz CT molecular complexity index is 710. The van der Waals surface area contributed by atoms with Crippen LogP contribution in [0.5, 0.6) is 0 Å². The molecule has 2 saturated carbocycles. The van der Waals surface area contributed by atoms with E-state index in [0.29, 0.717) is 42.7 Å². The number of hydrogen-bond acceptors (Lipinski definition) is 2. The van der Waals surface area contributed by atoms with Crippen LogP contribution in [0, 0.1) is 17.8 Å². The van der Waals surface area contributed by atoms with Crippen molar-refractivity contribution in [1.82, 2.24) is 9.80 Å². The van der Waals surface area contributed by atoms with Gasteiger partial charge >= 0.3 is 6.03 Å². The van der Waals surface area contributed by atoms with Crippen LogP contribution < -0.4 is 5.32 Å². The first-order valence-electron chi connectivity index (χ1n) is 10.2. The minimum atomic E-state index is -0.125. The molecule has 27 heavy (non-hydrogen) atoms.